The third kappa shape index (κ3) is 5.19. The molecule has 8 nitrogen and oxygen atoms in total. The van der Waals surface area contributed by atoms with Crippen LogP contribution in [0.3, 0.4) is 0 Å². The first kappa shape index (κ1) is 23.5. The van der Waals surface area contributed by atoms with Crippen LogP contribution in [0.1, 0.15) is 41.9 Å². The molecular formula is C27H26FN5O3. The number of rotatable bonds is 7. The van der Waals surface area contributed by atoms with E-state index in [0.717, 1.165) is 24.3 Å². The molecule has 36 heavy (non-hydrogen) atoms. The fourth-order valence-corrected chi connectivity index (χ4v) is 4.29. The second-order valence-electron chi connectivity index (χ2n) is 8.54. The molecule has 1 amide bonds. The van der Waals surface area contributed by atoms with Gasteiger partial charge in [0.15, 0.2) is 0 Å². The number of carbonyl (C=O) groups excluding carboxylic acids is 1. The van der Waals surface area contributed by atoms with Gasteiger partial charge in [0, 0.05) is 30.5 Å². The lowest BCUT2D eigenvalue weighted by Gasteiger charge is -2.31. The predicted molar refractivity (Wildman–Crippen MR) is 133 cm³/mol. The van der Waals surface area contributed by atoms with Crippen LogP contribution in [0.4, 0.5) is 15.9 Å². The van der Waals surface area contributed by atoms with Crippen LogP contribution >= 0.6 is 0 Å². The summed E-state index contributed by atoms with van der Waals surface area (Å²) in [7, 11) is 0. The molecule has 0 bridgehead atoms. The number of aromatic nitrogens is 3. The molecule has 1 atom stereocenters. The summed E-state index contributed by atoms with van der Waals surface area (Å²) in [6.07, 6.45) is 3.27. The first-order valence-electron chi connectivity index (χ1n) is 11.9. The molecule has 0 unspecified atom stereocenters. The van der Waals surface area contributed by atoms with Crippen LogP contribution < -0.4 is 10.1 Å². The Morgan fingerprint density at radius 1 is 1.19 bits per heavy atom. The third-order valence-electron chi connectivity index (χ3n) is 6.05. The summed E-state index contributed by atoms with van der Waals surface area (Å²) in [6.45, 7) is 3.60. The lowest BCUT2D eigenvalue weighted by molar-refractivity contribution is 0.0696. The zero-order chi connectivity index (χ0) is 24.9. The van der Waals surface area contributed by atoms with Crippen molar-refractivity contribution in [1.82, 2.24) is 20.0 Å². The summed E-state index contributed by atoms with van der Waals surface area (Å²) in [6, 6.07) is 17.1. The van der Waals surface area contributed by atoms with Crippen molar-refractivity contribution in [2.24, 2.45) is 0 Å². The van der Waals surface area contributed by atoms with Crippen molar-refractivity contribution in [3.8, 4) is 17.1 Å². The number of carbonyl (C=O) groups is 1. The molecule has 1 fully saturated rings. The molecule has 3 heterocycles. The van der Waals surface area contributed by atoms with E-state index in [2.05, 4.69) is 20.4 Å². The van der Waals surface area contributed by atoms with Gasteiger partial charge in [0.1, 0.15) is 17.4 Å². The summed E-state index contributed by atoms with van der Waals surface area (Å²) < 4.78 is 24.6. The molecule has 2 aromatic carbocycles. The molecule has 0 aliphatic carbocycles. The van der Waals surface area contributed by atoms with Gasteiger partial charge in [-0.2, -0.15) is 4.98 Å². The average molecular weight is 488 g/mol. The highest BCUT2D eigenvalue weighted by atomic mass is 19.1. The first-order valence-corrected chi connectivity index (χ1v) is 11.9. The number of benzene rings is 2. The maximum atomic E-state index is 13.6. The summed E-state index contributed by atoms with van der Waals surface area (Å²) in [5, 5.41) is 7.27. The van der Waals surface area contributed by atoms with E-state index in [1.54, 1.807) is 35.4 Å². The van der Waals surface area contributed by atoms with Crippen molar-refractivity contribution in [1.29, 1.82) is 0 Å². The molecule has 0 spiro atoms. The van der Waals surface area contributed by atoms with Gasteiger partial charge in [-0.15, -0.1) is 0 Å². The third-order valence-corrected chi connectivity index (χ3v) is 6.05. The van der Waals surface area contributed by atoms with Gasteiger partial charge in [0.05, 0.1) is 18.1 Å². The molecule has 2 aromatic heterocycles. The Kier molecular flexibility index (Phi) is 6.88. The average Bonchev–Trinajstić information content (AvgIpc) is 3.41. The normalized spacial score (nSPS) is 15.5. The molecule has 0 radical (unpaired) electrons. The number of nitrogens with zero attached hydrogens (tertiary/aromatic N) is 4. The molecule has 4 aromatic rings. The summed E-state index contributed by atoms with van der Waals surface area (Å²) in [4.78, 5) is 24.2. The molecule has 1 saturated heterocycles. The molecule has 184 valence electrons. The van der Waals surface area contributed by atoms with E-state index in [1.165, 1.54) is 12.1 Å². The zero-order valence-corrected chi connectivity index (χ0v) is 19.9. The smallest absolute Gasteiger partial charge is 0.257 e. The SMILES string of the molecule is CCOc1ccc(Nc2ncccc2C(=O)N2CCC[C@@H](c3nc(-c4cccc(F)c4)no3)C2)cc1. The number of hydrogen-bond donors (Lipinski definition) is 1. The Balaban J connectivity index is 1.30. The van der Waals surface area contributed by atoms with Gasteiger partial charge in [0.25, 0.3) is 5.91 Å². The molecule has 9 heteroatoms. The van der Waals surface area contributed by atoms with Gasteiger partial charge in [-0.1, -0.05) is 17.3 Å². The number of nitrogens with one attached hydrogen (secondary N) is 1. The van der Waals surface area contributed by atoms with E-state index in [9.17, 15) is 9.18 Å². The number of anilines is 2. The Morgan fingerprint density at radius 2 is 2.06 bits per heavy atom. The van der Waals surface area contributed by atoms with E-state index in [-0.39, 0.29) is 17.6 Å². The van der Waals surface area contributed by atoms with Crippen molar-refractivity contribution in [2.45, 2.75) is 25.7 Å². The highest BCUT2D eigenvalue weighted by Crippen LogP contribution is 2.30. The number of likely N-dealkylation sites (tertiary alicyclic amines) is 1. The van der Waals surface area contributed by atoms with E-state index >= 15 is 0 Å². The highest BCUT2D eigenvalue weighted by molar-refractivity contribution is 5.99. The maximum Gasteiger partial charge on any atom is 0.257 e. The van der Waals surface area contributed by atoms with E-state index < -0.39 is 0 Å². The minimum atomic E-state index is -0.362. The molecule has 1 aliphatic heterocycles. The van der Waals surface area contributed by atoms with Crippen LogP contribution in [0.5, 0.6) is 5.75 Å². The van der Waals surface area contributed by atoms with Gasteiger partial charge in [-0.05, 0) is 68.3 Å². The van der Waals surface area contributed by atoms with Gasteiger partial charge in [-0.25, -0.2) is 9.37 Å². The Bertz CT molecular complexity index is 1340. The lowest BCUT2D eigenvalue weighted by Crippen LogP contribution is -2.39. The molecule has 1 aliphatic rings. The fourth-order valence-electron chi connectivity index (χ4n) is 4.29. The van der Waals surface area contributed by atoms with Gasteiger partial charge < -0.3 is 19.5 Å². The Morgan fingerprint density at radius 3 is 2.86 bits per heavy atom. The van der Waals surface area contributed by atoms with Gasteiger partial charge in [0.2, 0.25) is 11.7 Å². The summed E-state index contributed by atoms with van der Waals surface area (Å²) in [5.41, 5.74) is 1.84. The van der Waals surface area contributed by atoms with Crippen molar-refractivity contribution >= 4 is 17.4 Å². The maximum absolute atomic E-state index is 13.6. The van der Waals surface area contributed by atoms with Gasteiger partial charge in [-0.3, -0.25) is 4.79 Å². The van der Waals surface area contributed by atoms with Crippen molar-refractivity contribution in [3.05, 3.63) is 84.1 Å². The Labute approximate surface area is 208 Å². The quantitative estimate of drug-likeness (QED) is 0.371. The predicted octanol–water partition coefficient (Wildman–Crippen LogP) is 5.43. The molecule has 1 N–H and O–H groups in total. The van der Waals surface area contributed by atoms with Crippen LogP contribution in [-0.2, 0) is 0 Å². The number of halogens is 1. The van der Waals surface area contributed by atoms with Crippen LogP contribution in [0, 0.1) is 5.82 Å². The topological polar surface area (TPSA) is 93.4 Å². The number of pyridine rings is 1. The van der Waals surface area contributed by atoms with Crippen molar-refractivity contribution < 1.29 is 18.4 Å². The van der Waals surface area contributed by atoms with Crippen LogP contribution in [-0.4, -0.2) is 45.6 Å². The summed E-state index contributed by atoms with van der Waals surface area (Å²) in [5.74, 6) is 1.47. The molecule has 0 saturated carbocycles. The van der Waals surface area contributed by atoms with E-state index in [4.69, 9.17) is 9.26 Å². The first-order chi connectivity index (χ1) is 17.6. The minimum Gasteiger partial charge on any atom is -0.494 e. The van der Waals surface area contributed by atoms with E-state index in [1.807, 2.05) is 31.2 Å². The monoisotopic (exact) mass is 487 g/mol. The largest absolute Gasteiger partial charge is 0.494 e. The second-order valence-corrected chi connectivity index (χ2v) is 8.54. The fraction of sp³-hybridized carbons (Fsp3) is 0.259. The van der Waals surface area contributed by atoms with Crippen LogP contribution in [0.25, 0.3) is 11.4 Å². The minimum absolute atomic E-state index is 0.100. The van der Waals surface area contributed by atoms with Crippen LogP contribution in [0.15, 0.2) is 71.4 Å². The molecular weight excluding hydrogens is 461 g/mol. The standard InChI is InChI=1S/C27H26FN5O3/c1-2-35-22-12-10-21(11-13-22)30-25-23(9-4-14-29-25)27(34)33-15-5-7-19(17-33)26-31-24(32-36-26)18-6-3-8-20(28)16-18/h3-4,6,8-14,16,19H,2,5,7,15,17H2,1H3,(H,29,30)/t19-/m1/s1. The highest BCUT2D eigenvalue weighted by Gasteiger charge is 2.30. The lowest BCUT2D eigenvalue weighted by atomic mass is 9.97. The van der Waals surface area contributed by atoms with E-state index in [0.29, 0.717) is 48.4 Å². The van der Waals surface area contributed by atoms with Crippen LogP contribution in [0.2, 0.25) is 0 Å². The van der Waals surface area contributed by atoms with Crippen molar-refractivity contribution in [2.75, 3.05) is 25.0 Å². The number of amides is 1. The second kappa shape index (κ2) is 10.6. The van der Waals surface area contributed by atoms with Crippen molar-refractivity contribution in [3.63, 3.8) is 0 Å². The number of hydrogen-bond acceptors (Lipinski definition) is 7. The molecule has 5 rings (SSSR count). The number of piperidine rings is 1. The zero-order valence-electron chi connectivity index (χ0n) is 19.9. The Hall–Kier alpha value is -4.27. The number of ether oxygens (including phenoxy) is 1. The van der Waals surface area contributed by atoms with Gasteiger partial charge >= 0.3 is 0 Å². The summed E-state index contributed by atoms with van der Waals surface area (Å²) >= 11 is 0.